The highest BCUT2D eigenvalue weighted by atomic mass is 32.2. The van der Waals surface area contributed by atoms with Gasteiger partial charge in [-0.1, -0.05) is 19.9 Å². The van der Waals surface area contributed by atoms with Gasteiger partial charge in [-0.15, -0.1) is 0 Å². The molecule has 1 N–H and O–H groups in total. The van der Waals surface area contributed by atoms with Crippen LogP contribution in [-0.4, -0.2) is 97.7 Å². The van der Waals surface area contributed by atoms with Crippen molar-refractivity contribution in [1.82, 2.24) is 14.7 Å². The molecule has 0 aromatic heterocycles. The Balaban J connectivity index is 1.97. The maximum atomic E-state index is 13.7. The number of fused-ring (bicyclic) bond motifs is 3. The molecule has 2 aliphatic heterocycles. The molecular formula is C24H37N3O5S. The van der Waals surface area contributed by atoms with Gasteiger partial charge in [0.25, 0.3) is 5.91 Å². The lowest BCUT2D eigenvalue weighted by atomic mass is 10.1. The molecular weight excluding hydrogens is 442 g/mol. The fraction of sp³-hybridized carbons (Fsp3) is 0.667. The molecule has 1 aromatic rings. The standard InChI is InChI=1S/C24H37N3O5S/c1-17(2)10-12-25(3)22-9-6-11-26(4)23(29)18-7-5-8-21(13-18)33(31,32)16-19-14-20(28)15-27(19)24(22)30/h5,7-8,13,17,19-20,22,28H,6,9-12,14-16H2,1-4H3/t19-,20-,22-/m0/s1. The number of hydrogen-bond donors (Lipinski definition) is 1. The summed E-state index contributed by atoms with van der Waals surface area (Å²) in [5.74, 6) is -0.160. The lowest BCUT2D eigenvalue weighted by molar-refractivity contribution is -0.137. The fourth-order valence-electron chi connectivity index (χ4n) is 4.68. The van der Waals surface area contributed by atoms with E-state index in [0.717, 1.165) is 13.0 Å². The normalized spacial score (nSPS) is 26.6. The van der Waals surface area contributed by atoms with Crippen molar-refractivity contribution < 1.29 is 23.1 Å². The van der Waals surface area contributed by atoms with Gasteiger partial charge in [-0.25, -0.2) is 8.42 Å². The Kier molecular flexibility index (Phi) is 8.18. The van der Waals surface area contributed by atoms with E-state index in [-0.39, 0.29) is 35.4 Å². The summed E-state index contributed by atoms with van der Waals surface area (Å²) >= 11 is 0. The van der Waals surface area contributed by atoms with Crippen LogP contribution in [0.25, 0.3) is 0 Å². The first-order valence-electron chi connectivity index (χ1n) is 11.8. The summed E-state index contributed by atoms with van der Waals surface area (Å²) < 4.78 is 26.4. The van der Waals surface area contributed by atoms with E-state index in [1.165, 1.54) is 12.1 Å². The van der Waals surface area contributed by atoms with Crippen molar-refractivity contribution in [2.24, 2.45) is 5.92 Å². The Morgan fingerprint density at radius 3 is 2.67 bits per heavy atom. The number of aliphatic hydroxyl groups is 1. The summed E-state index contributed by atoms with van der Waals surface area (Å²) in [6.45, 7) is 5.62. The largest absolute Gasteiger partial charge is 0.391 e. The van der Waals surface area contributed by atoms with Gasteiger partial charge in [0.1, 0.15) is 0 Å². The van der Waals surface area contributed by atoms with Crippen molar-refractivity contribution >= 4 is 21.7 Å². The van der Waals surface area contributed by atoms with Gasteiger partial charge in [0.05, 0.1) is 22.8 Å². The van der Waals surface area contributed by atoms with Crippen LogP contribution in [0.15, 0.2) is 29.2 Å². The minimum Gasteiger partial charge on any atom is -0.391 e. The Morgan fingerprint density at radius 1 is 1.24 bits per heavy atom. The average molecular weight is 480 g/mol. The number of sulfone groups is 1. The SMILES string of the molecule is CC(C)CCN(C)[C@H]1CCCN(C)C(=O)c2cccc(c2)S(=O)(=O)C[C@@H]2C[C@H](O)CN2C1=O. The highest BCUT2D eigenvalue weighted by Crippen LogP contribution is 2.26. The van der Waals surface area contributed by atoms with Gasteiger partial charge in [0.2, 0.25) is 5.91 Å². The zero-order valence-corrected chi connectivity index (χ0v) is 20.9. The van der Waals surface area contributed by atoms with E-state index >= 15 is 0 Å². The molecule has 33 heavy (non-hydrogen) atoms. The van der Waals surface area contributed by atoms with E-state index in [9.17, 15) is 23.1 Å². The summed E-state index contributed by atoms with van der Waals surface area (Å²) in [5, 5.41) is 10.3. The van der Waals surface area contributed by atoms with Crippen LogP contribution in [0.2, 0.25) is 0 Å². The van der Waals surface area contributed by atoms with E-state index in [1.54, 1.807) is 29.0 Å². The number of carbonyl (C=O) groups is 2. The van der Waals surface area contributed by atoms with Crippen molar-refractivity contribution in [3.05, 3.63) is 29.8 Å². The number of likely N-dealkylation sites (N-methyl/N-ethyl adjacent to an activating group) is 1. The third-order valence-electron chi connectivity index (χ3n) is 6.72. The summed E-state index contributed by atoms with van der Waals surface area (Å²) in [4.78, 5) is 31.8. The van der Waals surface area contributed by atoms with Crippen molar-refractivity contribution in [3.63, 3.8) is 0 Å². The molecule has 1 aromatic carbocycles. The van der Waals surface area contributed by atoms with Crippen LogP contribution in [0.3, 0.4) is 0 Å². The molecule has 2 aliphatic rings. The van der Waals surface area contributed by atoms with Gasteiger partial charge in [0, 0.05) is 31.7 Å². The van der Waals surface area contributed by atoms with Crippen molar-refractivity contribution in [3.8, 4) is 0 Å². The maximum Gasteiger partial charge on any atom is 0.253 e. The van der Waals surface area contributed by atoms with Crippen LogP contribution in [-0.2, 0) is 14.6 Å². The van der Waals surface area contributed by atoms with Crippen molar-refractivity contribution in [1.29, 1.82) is 0 Å². The van der Waals surface area contributed by atoms with E-state index in [4.69, 9.17) is 0 Å². The molecule has 1 saturated heterocycles. The Bertz CT molecular complexity index is 965. The van der Waals surface area contributed by atoms with Crippen molar-refractivity contribution in [2.45, 2.75) is 62.6 Å². The number of hydrogen-bond acceptors (Lipinski definition) is 6. The molecule has 0 radical (unpaired) electrons. The zero-order valence-electron chi connectivity index (χ0n) is 20.1. The van der Waals surface area contributed by atoms with Crippen LogP contribution < -0.4 is 0 Å². The van der Waals surface area contributed by atoms with Gasteiger partial charge in [-0.05, 0) is 63.4 Å². The molecule has 184 valence electrons. The van der Waals surface area contributed by atoms with E-state index in [2.05, 4.69) is 13.8 Å². The molecule has 0 unspecified atom stereocenters. The Morgan fingerprint density at radius 2 is 1.97 bits per heavy atom. The second kappa shape index (κ2) is 10.5. The predicted molar refractivity (Wildman–Crippen MR) is 127 cm³/mol. The van der Waals surface area contributed by atoms with E-state index in [0.29, 0.717) is 30.9 Å². The fourth-order valence-corrected chi connectivity index (χ4v) is 6.28. The summed E-state index contributed by atoms with van der Waals surface area (Å²) in [5.41, 5.74) is 0.334. The number of rotatable bonds is 4. The second-order valence-corrected chi connectivity index (χ2v) is 11.9. The molecule has 0 saturated carbocycles. The molecule has 3 atom stereocenters. The molecule has 2 amide bonds. The smallest absolute Gasteiger partial charge is 0.253 e. The van der Waals surface area contributed by atoms with E-state index < -0.39 is 28.0 Å². The topological polar surface area (TPSA) is 98.2 Å². The molecule has 2 heterocycles. The highest BCUT2D eigenvalue weighted by Gasteiger charge is 2.40. The number of carbonyl (C=O) groups excluding carboxylic acids is 2. The second-order valence-electron chi connectivity index (χ2n) is 9.89. The lowest BCUT2D eigenvalue weighted by Crippen LogP contribution is -2.51. The third kappa shape index (κ3) is 6.13. The molecule has 0 aliphatic carbocycles. The Hall–Kier alpha value is -1.97. The van der Waals surface area contributed by atoms with Crippen molar-refractivity contribution in [2.75, 3.05) is 39.5 Å². The van der Waals surface area contributed by atoms with Gasteiger partial charge in [0.15, 0.2) is 9.84 Å². The Labute approximate surface area is 197 Å². The minimum atomic E-state index is -3.76. The highest BCUT2D eigenvalue weighted by molar-refractivity contribution is 7.91. The van der Waals surface area contributed by atoms with Gasteiger partial charge in [-0.2, -0.15) is 0 Å². The number of amides is 2. The minimum absolute atomic E-state index is 0.0678. The average Bonchev–Trinajstić information content (AvgIpc) is 3.12. The first-order valence-corrected chi connectivity index (χ1v) is 13.4. The van der Waals surface area contributed by atoms with Crippen LogP contribution in [0.5, 0.6) is 0 Å². The first-order chi connectivity index (χ1) is 15.5. The summed E-state index contributed by atoms with van der Waals surface area (Å²) in [6.07, 6.45) is 1.62. The van der Waals surface area contributed by atoms with Crippen LogP contribution >= 0.6 is 0 Å². The molecule has 3 rings (SSSR count). The maximum absolute atomic E-state index is 13.7. The monoisotopic (exact) mass is 479 g/mol. The molecule has 0 spiro atoms. The quantitative estimate of drug-likeness (QED) is 0.705. The zero-order chi connectivity index (χ0) is 24.3. The first kappa shape index (κ1) is 25.6. The van der Waals surface area contributed by atoms with Gasteiger partial charge < -0.3 is 14.9 Å². The molecule has 8 nitrogen and oxygen atoms in total. The van der Waals surface area contributed by atoms with E-state index in [1.807, 2.05) is 11.9 Å². The molecule has 9 heteroatoms. The summed E-state index contributed by atoms with van der Waals surface area (Å²) in [7, 11) is -0.142. The predicted octanol–water partition coefficient (Wildman–Crippen LogP) is 1.63. The van der Waals surface area contributed by atoms with Crippen LogP contribution in [0, 0.1) is 5.92 Å². The molecule has 2 bridgehead atoms. The van der Waals surface area contributed by atoms with Gasteiger partial charge in [-0.3, -0.25) is 14.5 Å². The molecule has 1 fully saturated rings. The third-order valence-corrected chi connectivity index (χ3v) is 8.52. The number of aliphatic hydroxyl groups excluding tert-OH is 1. The van der Waals surface area contributed by atoms with Gasteiger partial charge >= 0.3 is 0 Å². The van der Waals surface area contributed by atoms with Crippen LogP contribution in [0.4, 0.5) is 0 Å². The van der Waals surface area contributed by atoms with Crippen LogP contribution in [0.1, 0.15) is 49.9 Å². The number of benzene rings is 1. The number of nitrogens with zero attached hydrogens (tertiary/aromatic N) is 3. The summed E-state index contributed by atoms with van der Waals surface area (Å²) in [6, 6.07) is 5.08. The lowest BCUT2D eigenvalue weighted by Gasteiger charge is -2.34.